The molecule has 1 aromatic carbocycles. The van der Waals surface area contributed by atoms with Crippen LogP contribution in [0.15, 0.2) is 29.2 Å². The highest BCUT2D eigenvalue weighted by molar-refractivity contribution is 7.90. The van der Waals surface area contributed by atoms with Crippen molar-refractivity contribution in [1.29, 1.82) is 0 Å². The minimum absolute atomic E-state index is 0.0422. The van der Waals surface area contributed by atoms with Gasteiger partial charge in [0, 0.05) is 12.1 Å². The van der Waals surface area contributed by atoms with E-state index in [1.54, 1.807) is 0 Å². The Morgan fingerprint density at radius 1 is 1.22 bits per heavy atom. The van der Waals surface area contributed by atoms with Crippen LogP contribution in [0.3, 0.4) is 0 Å². The molecule has 5 nitrogen and oxygen atoms in total. The van der Waals surface area contributed by atoms with Gasteiger partial charge in [0.25, 0.3) is 10.0 Å². The molecule has 1 amide bonds. The first-order valence-corrected chi connectivity index (χ1v) is 7.35. The molecule has 0 heterocycles. The summed E-state index contributed by atoms with van der Waals surface area (Å²) < 4.78 is 25.7. The summed E-state index contributed by atoms with van der Waals surface area (Å²) in [5, 5.41) is 0. The van der Waals surface area contributed by atoms with E-state index < -0.39 is 15.9 Å². The second-order valence-electron chi connectivity index (χ2n) is 4.05. The summed E-state index contributed by atoms with van der Waals surface area (Å²) in [7, 11) is -3.77. The van der Waals surface area contributed by atoms with Gasteiger partial charge in [-0.3, -0.25) is 4.79 Å². The third-order valence-electron chi connectivity index (χ3n) is 2.45. The lowest BCUT2D eigenvalue weighted by Crippen LogP contribution is -2.30. The van der Waals surface area contributed by atoms with Gasteiger partial charge in [0.1, 0.15) is 0 Å². The van der Waals surface area contributed by atoms with Gasteiger partial charge >= 0.3 is 0 Å². The molecule has 0 spiro atoms. The lowest BCUT2D eigenvalue weighted by atomic mass is 10.2. The Labute approximate surface area is 107 Å². The molecule has 3 N–H and O–H groups in total. The monoisotopic (exact) mass is 270 g/mol. The van der Waals surface area contributed by atoms with Gasteiger partial charge in [-0.25, -0.2) is 13.1 Å². The van der Waals surface area contributed by atoms with Crippen molar-refractivity contribution in [3.05, 3.63) is 24.3 Å². The van der Waals surface area contributed by atoms with Crippen LogP contribution in [-0.4, -0.2) is 14.3 Å². The van der Waals surface area contributed by atoms with E-state index in [4.69, 9.17) is 5.73 Å². The second-order valence-corrected chi connectivity index (χ2v) is 5.74. The molecule has 0 saturated carbocycles. The van der Waals surface area contributed by atoms with E-state index in [-0.39, 0.29) is 11.3 Å². The molecular weight excluding hydrogens is 252 g/mol. The normalized spacial score (nSPS) is 11.2. The molecule has 100 valence electrons. The number of sulfonamides is 1. The Morgan fingerprint density at radius 2 is 1.83 bits per heavy atom. The van der Waals surface area contributed by atoms with Crippen LogP contribution in [-0.2, 0) is 14.8 Å². The van der Waals surface area contributed by atoms with E-state index in [2.05, 4.69) is 0 Å². The lowest BCUT2D eigenvalue weighted by molar-refractivity contribution is -0.119. The molecule has 0 atom stereocenters. The fraction of sp³-hybridized carbons (Fsp3) is 0.417. The first-order valence-electron chi connectivity index (χ1n) is 5.87. The van der Waals surface area contributed by atoms with Gasteiger partial charge in [-0.05, 0) is 30.7 Å². The average molecular weight is 270 g/mol. The van der Waals surface area contributed by atoms with Gasteiger partial charge < -0.3 is 5.73 Å². The van der Waals surface area contributed by atoms with E-state index >= 15 is 0 Å². The second kappa shape index (κ2) is 6.39. The smallest absolute Gasteiger partial charge is 0.264 e. The van der Waals surface area contributed by atoms with E-state index in [1.807, 2.05) is 11.6 Å². The van der Waals surface area contributed by atoms with E-state index in [1.165, 1.54) is 24.3 Å². The van der Waals surface area contributed by atoms with Crippen molar-refractivity contribution in [2.24, 2.45) is 0 Å². The molecule has 18 heavy (non-hydrogen) atoms. The van der Waals surface area contributed by atoms with E-state index in [0.29, 0.717) is 12.1 Å². The zero-order valence-corrected chi connectivity index (χ0v) is 11.2. The van der Waals surface area contributed by atoms with Gasteiger partial charge in [0.05, 0.1) is 4.90 Å². The van der Waals surface area contributed by atoms with Gasteiger partial charge in [0.15, 0.2) is 0 Å². The van der Waals surface area contributed by atoms with Crippen LogP contribution in [0.1, 0.15) is 32.6 Å². The number of nitrogens with one attached hydrogen (secondary N) is 1. The number of rotatable bonds is 6. The summed E-state index contributed by atoms with van der Waals surface area (Å²) in [4.78, 5) is 11.5. The Hall–Kier alpha value is -1.56. The molecule has 0 unspecified atom stereocenters. The number of anilines is 1. The molecule has 1 aromatic rings. The molecule has 0 radical (unpaired) electrons. The molecule has 1 rings (SSSR count). The average Bonchev–Trinajstić information content (AvgIpc) is 2.29. The van der Waals surface area contributed by atoms with Gasteiger partial charge in [0.2, 0.25) is 5.91 Å². The van der Waals surface area contributed by atoms with Crippen LogP contribution >= 0.6 is 0 Å². The van der Waals surface area contributed by atoms with Crippen molar-refractivity contribution >= 4 is 21.6 Å². The van der Waals surface area contributed by atoms with Crippen LogP contribution in [0, 0.1) is 0 Å². The fourth-order valence-electron chi connectivity index (χ4n) is 1.44. The van der Waals surface area contributed by atoms with Crippen molar-refractivity contribution in [2.45, 2.75) is 37.5 Å². The first-order chi connectivity index (χ1) is 8.45. The maximum Gasteiger partial charge on any atom is 0.264 e. The third-order valence-corrected chi connectivity index (χ3v) is 3.84. The quantitative estimate of drug-likeness (QED) is 0.607. The van der Waals surface area contributed by atoms with E-state index in [0.717, 1.165) is 12.8 Å². The lowest BCUT2D eigenvalue weighted by Gasteiger charge is -2.06. The first kappa shape index (κ1) is 14.5. The number of benzene rings is 1. The molecule has 0 aliphatic heterocycles. The number of unbranched alkanes of at least 4 members (excludes halogenated alkanes) is 2. The number of carbonyl (C=O) groups excluding carboxylic acids is 1. The Kier molecular flexibility index (Phi) is 5.15. The summed E-state index contributed by atoms with van der Waals surface area (Å²) in [5.41, 5.74) is 5.95. The maximum atomic E-state index is 11.8. The van der Waals surface area contributed by atoms with Crippen molar-refractivity contribution < 1.29 is 13.2 Å². The molecule has 0 aliphatic rings. The highest BCUT2D eigenvalue weighted by Gasteiger charge is 2.16. The zero-order chi connectivity index (χ0) is 13.6. The maximum absolute atomic E-state index is 11.8. The summed E-state index contributed by atoms with van der Waals surface area (Å²) in [6.07, 6.45) is 2.81. The minimum atomic E-state index is -3.77. The van der Waals surface area contributed by atoms with Crippen molar-refractivity contribution in [1.82, 2.24) is 4.72 Å². The summed E-state index contributed by atoms with van der Waals surface area (Å²) in [5.74, 6) is -0.472. The summed E-state index contributed by atoms with van der Waals surface area (Å²) in [6, 6.07) is 5.71. The van der Waals surface area contributed by atoms with Crippen LogP contribution < -0.4 is 10.5 Å². The number of nitrogen functional groups attached to an aromatic ring is 1. The van der Waals surface area contributed by atoms with E-state index in [9.17, 15) is 13.2 Å². The van der Waals surface area contributed by atoms with Crippen LogP contribution in [0.5, 0.6) is 0 Å². The summed E-state index contributed by atoms with van der Waals surface area (Å²) in [6.45, 7) is 2.02. The molecule has 0 fully saturated rings. The Bertz CT molecular complexity index is 495. The zero-order valence-electron chi connectivity index (χ0n) is 10.3. The Morgan fingerprint density at radius 3 is 2.39 bits per heavy atom. The van der Waals surface area contributed by atoms with Crippen LogP contribution in [0.4, 0.5) is 5.69 Å². The predicted octanol–water partition coefficient (Wildman–Crippen LogP) is 1.65. The van der Waals surface area contributed by atoms with Gasteiger partial charge in [-0.1, -0.05) is 19.8 Å². The van der Waals surface area contributed by atoms with Crippen LogP contribution in [0.25, 0.3) is 0 Å². The van der Waals surface area contributed by atoms with Crippen molar-refractivity contribution in [3.63, 3.8) is 0 Å². The molecule has 0 aliphatic carbocycles. The van der Waals surface area contributed by atoms with Crippen molar-refractivity contribution in [2.75, 3.05) is 5.73 Å². The standard InChI is InChI=1S/C12H18N2O3S/c1-2-3-4-5-12(15)14-18(16,17)11-8-6-10(13)7-9-11/h6-9H,2-5,13H2,1H3,(H,14,15). The third kappa shape index (κ3) is 4.37. The topological polar surface area (TPSA) is 89.3 Å². The minimum Gasteiger partial charge on any atom is -0.399 e. The number of hydrogen-bond donors (Lipinski definition) is 2. The Balaban J connectivity index is 2.64. The number of carbonyl (C=O) groups is 1. The molecule has 6 heteroatoms. The molecular formula is C12H18N2O3S. The fourth-order valence-corrected chi connectivity index (χ4v) is 2.46. The predicted molar refractivity (Wildman–Crippen MR) is 70.3 cm³/mol. The largest absolute Gasteiger partial charge is 0.399 e. The molecule has 0 bridgehead atoms. The molecule has 0 saturated heterocycles. The SMILES string of the molecule is CCCCCC(=O)NS(=O)(=O)c1ccc(N)cc1. The molecule has 0 aromatic heterocycles. The van der Waals surface area contributed by atoms with Crippen molar-refractivity contribution in [3.8, 4) is 0 Å². The number of hydrogen-bond acceptors (Lipinski definition) is 4. The van der Waals surface area contributed by atoms with Gasteiger partial charge in [-0.2, -0.15) is 0 Å². The highest BCUT2D eigenvalue weighted by Crippen LogP contribution is 2.11. The van der Waals surface area contributed by atoms with Crippen LogP contribution in [0.2, 0.25) is 0 Å². The number of amides is 1. The highest BCUT2D eigenvalue weighted by atomic mass is 32.2. The number of nitrogens with two attached hydrogens (primary N) is 1. The van der Waals surface area contributed by atoms with Gasteiger partial charge in [-0.15, -0.1) is 0 Å². The summed E-state index contributed by atoms with van der Waals surface area (Å²) >= 11 is 0.